The summed E-state index contributed by atoms with van der Waals surface area (Å²) in [5.74, 6) is 0.844. The van der Waals surface area contributed by atoms with Crippen molar-refractivity contribution < 1.29 is 0 Å². The zero-order valence-corrected chi connectivity index (χ0v) is 11.8. The molecule has 102 valence electrons. The van der Waals surface area contributed by atoms with Crippen molar-refractivity contribution in [2.24, 2.45) is 5.92 Å². The van der Waals surface area contributed by atoms with Gasteiger partial charge in [-0.15, -0.1) is 0 Å². The van der Waals surface area contributed by atoms with E-state index in [4.69, 9.17) is 0 Å². The van der Waals surface area contributed by atoms with E-state index in [9.17, 15) is 0 Å². The van der Waals surface area contributed by atoms with Crippen LogP contribution in [0.2, 0.25) is 0 Å². The van der Waals surface area contributed by atoms with Gasteiger partial charge in [0.1, 0.15) is 0 Å². The molecule has 1 heterocycles. The Bertz CT molecular complexity index is 529. The van der Waals surface area contributed by atoms with Crippen LogP contribution in [-0.4, -0.2) is 17.6 Å². The molecule has 0 radical (unpaired) electrons. The molecule has 1 fully saturated rings. The third kappa shape index (κ3) is 2.84. The summed E-state index contributed by atoms with van der Waals surface area (Å²) >= 11 is 0. The Kier molecular flexibility index (Phi) is 3.88. The second kappa shape index (κ2) is 5.79. The van der Waals surface area contributed by atoms with Gasteiger partial charge in [-0.05, 0) is 43.4 Å². The van der Waals surface area contributed by atoms with Crippen LogP contribution in [0.4, 0.5) is 0 Å². The van der Waals surface area contributed by atoms with Crippen molar-refractivity contribution in [1.82, 2.24) is 10.3 Å². The van der Waals surface area contributed by atoms with E-state index in [1.165, 1.54) is 42.1 Å². The largest absolute Gasteiger partial charge is 0.361 e. The molecule has 0 spiro atoms. The second-order valence-corrected chi connectivity index (χ2v) is 5.93. The summed E-state index contributed by atoms with van der Waals surface area (Å²) in [7, 11) is 0. The highest BCUT2D eigenvalue weighted by Gasteiger charge is 2.20. The third-order valence-electron chi connectivity index (χ3n) is 4.59. The van der Waals surface area contributed by atoms with E-state index in [0.29, 0.717) is 0 Å². The fraction of sp³-hybridized carbons (Fsp3) is 0.529. The molecule has 0 aliphatic heterocycles. The molecule has 1 saturated carbocycles. The zero-order valence-electron chi connectivity index (χ0n) is 11.8. The minimum absolute atomic E-state index is 0.735. The molecule has 2 N–H and O–H groups in total. The Morgan fingerprint density at radius 2 is 2.05 bits per heavy atom. The number of rotatable bonds is 4. The molecule has 0 bridgehead atoms. The molecule has 0 unspecified atom stereocenters. The van der Waals surface area contributed by atoms with Crippen molar-refractivity contribution in [3.63, 3.8) is 0 Å². The zero-order chi connectivity index (χ0) is 13.1. The maximum atomic E-state index is 3.76. The van der Waals surface area contributed by atoms with Gasteiger partial charge in [0.2, 0.25) is 0 Å². The van der Waals surface area contributed by atoms with Gasteiger partial charge in [-0.3, -0.25) is 0 Å². The van der Waals surface area contributed by atoms with Gasteiger partial charge < -0.3 is 10.3 Å². The van der Waals surface area contributed by atoms with Crippen LogP contribution in [0.15, 0.2) is 30.5 Å². The predicted molar refractivity (Wildman–Crippen MR) is 81.4 cm³/mol. The lowest BCUT2D eigenvalue weighted by atomic mass is 9.86. The van der Waals surface area contributed by atoms with Gasteiger partial charge in [0.05, 0.1) is 0 Å². The minimum Gasteiger partial charge on any atom is -0.361 e. The summed E-state index contributed by atoms with van der Waals surface area (Å²) in [6.45, 7) is 3.49. The van der Waals surface area contributed by atoms with E-state index in [2.05, 4.69) is 47.7 Å². The maximum absolute atomic E-state index is 3.76. The summed E-state index contributed by atoms with van der Waals surface area (Å²) < 4.78 is 0. The topological polar surface area (TPSA) is 27.8 Å². The molecule has 0 saturated heterocycles. The molecular weight excluding hydrogens is 232 g/mol. The first-order valence-corrected chi connectivity index (χ1v) is 7.63. The lowest BCUT2D eigenvalue weighted by Gasteiger charge is -2.29. The van der Waals surface area contributed by atoms with E-state index >= 15 is 0 Å². The average Bonchev–Trinajstić information content (AvgIpc) is 2.85. The van der Waals surface area contributed by atoms with Gasteiger partial charge in [0.25, 0.3) is 0 Å². The molecule has 1 aromatic heterocycles. The first kappa shape index (κ1) is 12.7. The van der Waals surface area contributed by atoms with Crippen molar-refractivity contribution in [3.8, 4) is 0 Å². The van der Waals surface area contributed by atoms with Crippen LogP contribution < -0.4 is 5.32 Å². The van der Waals surface area contributed by atoms with Crippen molar-refractivity contribution in [2.45, 2.75) is 45.1 Å². The minimum atomic E-state index is 0.735. The summed E-state index contributed by atoms with van der Waals surface area (Å²) in [4.78, 5) is 3.36. The summed E-state index contributed by atoms with van der Waals surface area (Å²) in [5.41, 5.74) is 2.69. The van der Waals surface area contributed by atoms with Crippen LogP contribution in [-0.2, 0) is 6.42 Å². The molecule has 1 aromatic carbocycles. The fourth-order valence-corrected chi connectivity index (χ4v) is 3.35. The third-order valence-corrected chi connectivity index (χ3v) is 4.59. The summed E-state index contributed by atoms with van der Waals surface area (Å²) in [6, 6.07) is 9.31. The van der Waals surface area contributed by atoms with E-state index in [1.54, 1.807) is 0 Å². The number of aromatic nitrogens is 1. The molecule has 1 aliphatic rings. The highest BCUT2D eigenvalue weighted by molar-refractivity contribution is 5.83. The molecule has 2 heteroatoms. The van der Waals surface area contributed by atoms with Gasteiger partial charge in [-0.1, -0.05) is 38.0 Å². The molecule has 3 rings (SSSR count). The Labute approximate surface area is 115 Å². The highest BCUT2D eigenvalue weighted by atomic mass is 14.9. The number of fused-ring (bicyclic) bond motifs is 1. The smallest absolute Gasteiger partial charge is 0.0456 e. The fourth-order valence-electron chi connectivity index (χ4n) is 3.35. The first-order valence-electron chi connectivity index (χ1n) is 7.63. The Balaban J connectivity index is 1.57. The number of H-pyrrole nitrogens is 1. The Morgan fingerprint density at radius 3 is 2.95 bits per heavy atom. The molecule has 2 aromatic rings. The summed E-state index contributed by atoms with van der Waals surface area (Å²) in [5, 5.41) is 5.14. The predicted octanol–water partition coefficient (Wildman–Crippen LogP) is 3.88. The number of benzene rings is 1. The van der Waals surface area contributed by atoms with Gasteiger partial charge in [-0.2, -0.15) is 0 Å². The molecule has 2 nitrogen and oxygen atoms in total. The number of aromatic amines is 1. The lowest BCUT2D eigenvalue weighted by Crippen LogP contribution is -2.38. The van der Waals surface area contributed by atoms with Crippen LogP contribution in [0, 0.1) is 5.92 Å². The van der Waals surface area contributed by atoms with Crippen molar-refractivity contribution in [3.05, 3.63) is 36.0 Å². The molecule has 19 heavy (non-hydrogen) atoms. The number of para-hydroxylation sites is 1. The van der Waals surface area contributed by atoms with E-state index in [0.717, 1.165) is 24.9 Å². The van der Waals surface area contributed by atoms with Crippen molar-refractivity contribution in [2.75, 3.05) is 6.54 Å². The van der Waals surface area contributed by atoms with Crippen LogP contribution in [0.3, 0.4) is 0 Å². The Hall–Kier alpha value is -1.28. The standard InChI is InChI=1S/C17H24N2/c1-13-6-2-4-8-16(13)18-11-10-14-12-19-17-9-5-3-7-15(14)17/h3,5,7,9,12-13,16,18-19H,2,4,6,8,10-11H2,1H3/t13-,16+/m1/s1. The number of hydrogen-bond donors (Lipinski definition) is 2. The van der Waals surface area contributed by atoms with Crippen LogP contribution in [0.5, 0.6) is 0 Å². The van der Waals surface area contributed by atoms with Gasteiger partial charge in [-0.25, -0.2) is 0 Å². The van der Waals surface area contributed by atoms with E-state index in [-0.39, 0.29) is 0 Å². The quantitative estimate of drug-likeness (QED) is 0.853. The maximum Gasteiger partial charge on any atom is 0.0456 e. The second-order valence-electron chi connectivity index (χ2n) is 5.93. The van der Waals surface area contributed by atoms with Crippen LogP contribution >= 0.6 is 0 Å². The van der Waals surface area contributed by atoms with Crippen LogP contribution in [0.1, 0.15) is 38.2 Å². The Morgan fingerprint density at radius 1 is 1.21 bits per heavy atom. The first-order chi connectivity index (χ1) is 9.34. The van der Waals surface area contributed by atoms with Gasteiger partial charge in [0.15, 0.2) is 0 Å². The van der Waals surface area contributed by atoms with Gasteiger partial charge >= 0.3 is 0 Å². The highest BCUT2D eigenvalue weighted by Crippen LogP contribution is 2.24. The molecule has 1 aliphatic carbocycles. The molecule has 0 amide bonds. The lowest BCUT2D eigenvalue weighted by molar-refractivity contribution is 0.282. The number of nitrogens with one attached hydrogen (secondary N) is 2. The SMILES string of the molecule is C[C@@H]1CCCC[C@@H]1NCCc1c[nH]c2ccccc12. The molecule has 2 atom stereocenters. The average molecular weight is 256 g/mol. The summed E-state index contributed by atoms with van der Waals surface area (Å²) in [6.07, 6.45) is 8.85. The van der Waals surface area contributed by atoms with Crippen molar-refractivity contribution >= 4 is 10.9 Å². The van der Waals surface area contributed by atoms with Gasteiger partial charge in [0, 0.05) is 23.1 Å². The normalized spacial score (nSPS) is 23.8. The monoisotopic (exact) mass is 256 g/mol. The molecular formula is C17H24N2. The van der Waals surface area contributed by atoms with E-state index < -0.39 is 0 Å². The van der Waals surface area contributed by atoms with E-state index in [1.807, 2.05) is 0 Å². The van der Waals surface area contributed by atoms with Crippen LogP contribution in [0.25, 0.3) is 10.9 Å². The van der Waals surface area contributed by atoms with Crippen molar-refractivity contribution in [1.29, 1.82) is 0 Å². The number of hydrogen-bond acceptors (Lipinski definition) is 1.